The summed E-state index contributed by atoms with van der Waals surface area (Å²) in [6, 6.07) is 23.5. The van der Waals surface area contributed by atoms with Gasteiger partial charge in [0.2, 0.25) is 0 Å². The van der Waals surface area contributed by atoms with E-state index in [2.05, 4.69) is 12.1 Å². The Kier molecular flexibility index (Phi) is 6.93. The first-order chi connectivity index (χ1) is 16.5. The fourth-order valence-corrected chi connectivity index (χ4v) is 3.86. The summed E-state index contributed by atoms with van der Waals surface area (Å²) >= 11 is 0. The van der Waals surface area contributed by atoms with Crippen LogP contribution in [0.1, 0.15) is 21.5 Å². The lowest BCUT2D eigenvalue weighted by Gasteiger charge is -2.19. The number of aldehydes is 1. The number of ether oxygens (including phenoxy) is 3. The molecule has 4 nitrogen and oxygen atoms in total. The topological polar surface area (TPSA) is 44.8 Å². The van der Waals surface area contributed by atoms with Crippen LogP contribution in [0.25, 0.3) is 22.3 Å². The lowest BCUT2D eigenvalue weighted by molar-refractivity contribution is 0.112. The third-order valence-electron chi connectivity index (χ3n) is 5.65. The van der Waals surface area contributed by atoms with E-state index in [0.29, 0.717) is 46.1 Å². The van der Waals surface area contributed by atoms with E-state index in [1.165, 1.54) is 24.8 Å². The standard InChI is InChI=1S/C29H25FO4/c1-19-4-6-20(7-5-19)18-34-24-14-10-22(11-15-24)28-26(17-31)29(33-3)25(16-27(28)32-2)21-8-12-23(30)13-9-21/h4-17H,18H2,1-3H3. The minimum absolute atomic E-state index is 0.341. The summed E-state index contributed by atoms with van der Waals surface area (Å²) < 4.78 is 30.6. The predicted molar refractivity (Wildman–Crippen MR) is 131 cm³/mol. The number of hydrogen-bond acceptors (Lipinski definition) is 4. The van der Waals surface area contributed by atoms with Crippen molar-refractivity contribution in [3.8, 4) is 39.5 Å². The van der Waals surface area contributed by atoms with Crippen molar-refractivity contribution in [3.05, 3.63) is 101 Å². The zero-order valence-electron chi connectivity index (χ0n) is 19.3. The zero-order chi connectivity index (χ0) is 24.1. The number of benzene rings is 4. The predicted octanol–water partition coefficient (Wildman–Crippen LogP) is 6.88. The molecule has 0 atom stereocenters. The van der Waals surface area contributed by atoms with Crippen LogP contribution < -0.4 is 14.2 Å². The van der Waals surface area contributed by atoms with Crippen LogP contribution in [-0.2, 0) is 6.61 Å². The molecule has 0 amide bonds. The number of hydrogen-bond donors (Lipinski definition) is 0. The summed E-state index contributed by atoms with van der Waals surface area (Å²) in [7, 11) is 3.06. The van der Waals surface area contributed by atoms with E-state index in [9.17, 15) is 9.18 Å². The largest absolute Gasteiger partial charge is 0.496 e. The summed E-state index contributed by atoms with van der Waals surface area (Å²) in [6.07, 6.45) is 0.755. The Bertz CT molecular complexity index is 1280. The van der Waals surface area contributed by atoms with Crippen LogP contribution in [0, 0.1) is 12.7 Å². The van der Waals surface area contributed by atoms with Gasteiger partial charge in [-0.3, -0.25) is 4.79 Å². The SMILES string of the molecule is COc1cc(-c2ccc(F)cc2)c(OC)c(C=O)c1-c1ccc(OCc2ccc(C)cc2)cc1. The average Bonchev–Trinajstić information content (AvgIpc) is 2.88. The summed E-state index contributed by atoms with van der Waals surface area (Å²) in [6.45, 7) is 2.51. The first kappa shape index (κ1) is 23.1. The Morgan fingerprint density at radius 1 is 0.824 bits per heavy atom. The van der Waals surface area contributed by atoms with Gasteiger partial charge in [0.25, 0.3) is 0 Å². The zero-order valence-corrected chi connectivity index (χ0v) is 19.3. The Balaban J connectivity index is 1.69. The molecule has 0 aliphatic heterocycles. The second kappa shape index (κ2) is 10.2. The van der Waals surface area contributed by atoms with Crippen molar-refractivity contribution in [3.63, 3.8) is 0 Å². The van der Waals surface area contributed by atoms with Crippen molar-refractivity contribution in [1.29, 1.82) is 0 Å². The van der Waals surface area contributed by atoms with Gasteiger partial charge in [0.15, 0.2) is 6.29 Å². The van der Waals surface area contributed by atoms with Crippen LogP contribution in [0.4, 0.5) is 4.39 Å². The summed E-state index contributed by atoms with van der Waals surface area (Å²) in [5.41, 5.74) is 5.40. The van der Waals surface area contributed by atoms with Crippen LogP contribution in [0.3, 0.4) is 0 Å². The normalized spacial score (nSPS) is 10.6. The minimum atomic E-state index is -0.341. The van der Waals surface area contributed by atoms with Gasteiger partial charge in [-0.2, -0.15) is 0 Å². The maximum atomic E-state index is 13.4. The van der Waals surface area contributed by atoms with Gasteiger partial charge in [-0.15, -0.1) is 0 Å². The Labute approximate surface area is 198 Å². The van der Waals surface area contributed by atoms with Gasteiger partial charge in [-0.05, 0) is 53.9 Å². The fourth-order valence-electron chi connectivity index (χ4n) is 3.86. The van der Waals surface area contributed by atoms with Gasteiger partial charge in [0, 0.05) is 11.1 Å². The highest BCUT2D eigenvalue weighted by Crippen LogP contribution is 2.44. The van der Waals surface area contributed by atoms with E-state index in [1.807, 2.05) is 43.3 Å². The first-order valence-electron chi connectivity index (χ1n) is 10.8. The van der Waals surface area contributed by atoms with E-state index in [1.54, 1.807) is 25.3 Å². The molecule has 172 valence electrons. The Morgan fingerprint density at radius 3 is 2.06 bits per heavy atom. The van der Waals surface area contributed by atoms with Crippen molar-refractivity contribution >= 4 is 6.29 Å². The van der Waals surface area contributed by atoms with Crippen molar-refractivity contribution in [2.45, 2.75) is 13.5 Å². The lowest BCUT2D eigenvalue weighted by Crippen LogP contribution is -2.01. The number of carbonyl (C=O) groups excluding carboxylic acids is 1. The van der Waals surface area contributed by atoms with E-state index >= 15 is 0 Å². The molecule has 0 unspecified atom stereocenters. The molecular formula is C29H25FO4. The molecule has 0 bridgehead atoms. The highest BCUT2D eigenvalue weighted by atomic mass is 19.1. The third kappa shape index (κ3) is 4.79. The summed E-state index contributed by atoms with van der Waals surface area (Å²) in [5.74, 6) is 1.28. The molecule has 0 aliphatic carbocycles. The van der Waals surface area contributed by atoms with Gasteiger partial charge in [0.1, 0.15) is 29.7 Å². The maximum Gasteiger partial charge on any atom is 0.154 e. The molecule has 0 radical (unpaired) electrons. The average molecular weight is 457 g/mol. The number of methoxy groups -OCH3 is 2. The number of aryl methyl sites for hydroxylation is 1. The number of carbonyl (C=O) groups is 1. The molecule has 4 aromatic carbocycles. The van der Waals surface area contributed by atoms with Crippen LogP contribution in [0.2, 0.25) is 0 Å². The smallest absolute Gasteiger partial charge is 0.154 e. The van der Waals surface area contributed by atoms with Crippen molar-refractivity contribution in [1.82, 2.24) is 0 Å². The van der Waals surface area contributed by atoms with Crippen molar-refractivity contribution < 1.29 is 23.4 Å². The van der Waals surface area contributed by atoms with Crippen molar-refractivity contribution in [2.75, 3.05) is 14.2 Å². The molecule has 4 rings (SSSR count). The number of halogens is 1. The Morgan fingerprint density at radius 2 is 1.47 bits per heavy atom. The molecule has 0 aromatic heterocycles. The molecular weight excluding hydrogens is 431 g/mol. The van der Waals surface area contributed by atoms with Gasteiger partial charge in [0.05, 0.1) is 19.8 Å². The molecule has 0 heterocycles. The quantitative estimate of drug-likeness (QED) is 0.271. The second-order valence-electron chi connectivity index (χ2n) is 7.87. The number of rotatable bonds is 8. The fraction of sp³-hybridized carbons (Fsp3) is 0.138. The first-order valence-corrected chi connectivity index (χ1v) is 10.8. The second-order valence-corrected chi connectivity index (χ2v) is 7.87. The molecule has 0 spiro atoms. The van der Waals surface area contributed by atoms with E-state index in [4.69, 9.17) is 14.2 Å². The molecule has 4 aromatic rings. The van der Waals surface area contributed by atoms with Crippen LogP contribution >= 0.6 is 0 Å². The Hall–Kier alpha value is -4.12. The maximum absolute atomic E-state index is 13.4. The molecule has 34 heavy (non-hydrogen) atoms. The monoisotopic (exact) mass is 456 g/mol. The minimum Gasteiger partial charge on any atom is -0.496 e. The highest BCUT2D eigenvalue weighted by molar-refractivity contribution is 5.98. The lowest BCUT2D eigenvalue weighted by atomic mass is 9.92. The van der Waals surface area contributed by atoms with Gasteiger partial charge < -0.3 is 14.2 Å². The molecule has 0 saturated heterocycles. The molecule has 0 aliphatic rings. The van der Waals surface area contributed by atoms with Crippen molar-refractivity contribution in [2.24, 2.45) is 0 Å². The van der Waals surface area contributed by atoms with E-state index in [-0.39, 0.29) is 5.82 Å². The molecule has 0 fully saturated rings. The van der Waals surface area contributed by atoms with Crippen LogP contribution in [0.15, 0.2) is 78.9 Å². The van der Waals surface area contributed by atoms with Crippen LogP contribution in [-0.4, -0.2) is 20.5 Å². The van der Waals surface area contributed by atoms with E-state index in [0.717, 1.165) is 17.4 Å². The van der Waals surface area contributed by atoms with Gasteiger partial charge in [-0.1, -0.05) is 54.1 Å². The van der Waals surface area contributed by atoms with Gasteiger partial charge in [-0.25, -0.2) is 4.39 Å². The summed E-state index contributed by atoms with van der Waals surface area (Å²) in [5, 5.41) is 0. The van der Waals surface area contributed by atoms with E-state index < -0.39 is 0 Å². The van der Waals surface area contributed by atoms with Crippen LogP contribution in [0.5, 0.6) is 17.2 Å². The highest BCUT2D eigenvalue weighted by Gasteiger charge is 2.21. The summed E-state index contributed by atoms with van der Waals surface area (Å²) in [4.78, 5) is 12.2. The van der Waals surface area contributed by atoms with Gasteiger partial charge >= 0.3 is 0 Å². The molecule has 0 N–H and O–H groups in total. The molecule has 0 saturated carbocycles. The third-order valence-corrected chi connectivity index (χ3v) is 5.65. The molecule has 5 heteroatoms.